The highest BCUT2D eigenvalue weighted by Crippen LogP contribution is 2.26. The molecule has 0 saturated carbocycles. The van der Waals surface area contributed by atoms with Crippen molar-refractivity contribution in [2.45, 2.75) is 24.2 Å². The molecule has 2 aromatic heterocycles. The van der Waals surface area contributed by atoms with Gasteiger partial charge in [0.15, 0.2) is 0 Å². The van der Waals surface area contributed by atoms with E-state index in [4.69, 9.17) is 21.8 Å². The van der Waals surface area contributed by atoms with E-state index in [1.165, 1.54) is 0 Å². The molecule has 0 radical (unpaired) electrons. The Morgan fingerprint density at radius 1 is 1.19 bits per heavy atom. The van der Waals surface area contributed by atoms with Gasteiger partial charge in [-0.05, 0) is 25.4 Å². The molecule has 2 heterocycles. The molecule has 0 unspecified atom stereocenters. The van der Waals surface area contributed by atoms with Gasteiger partial charge in [-0.2, -0.15) is 15.0 Å². The lowest BCUT2D eigenvalue weighted by atomic mass is 10.4. The van der Waals surface area contributed by atoms with E-state index in [1.54, 1.807) is 0 Å². The van der Waals surface area contributed by atoms with Gasteiger partial charge < -0.3 is 10.2 Å². The Kier molecular flexibility index (Phi) is 2.97. The molecule has 0 aliphatic carbocycles. The molecule has 0 atom stereocenters. The van der Waals surface area contributed by atoms with Gasteiger partial charge in [0.2, 0.25) is 16.4 Å². The normalized spacial score (nSPS) is 10.7. The Morgan fingerprint density at radius 3 is 2.50 bits per heavy atom. The molecule has 0 amide bonds. The molecular formula is C8H8ClN5OS. The minimum Gasteiger partial charge on any atom is -0.436 e. The molecule has 2 N–H and O–H groups in total. The van der Waals surface area contributed by atoms with Crippen LogP contribution in [0.1, 0.15) is 11.5 Å². The fourth-order valence-corrected chi connectivity index (χ4v) is 1.95. The van der Waals surface area contributed by atoms with Crippen LogP contribution in [0.4, 0.5) is 5.95 Å². The number of rotatable bonds is 2. The van der Waals surface area contributed by atoms with E-state index in [-0.39, 0.29) is 11.2 Å². The Labute approximate surface area is 101 Å². The molecule has 0 saturated heterocycles. The lowest BCUT2D eigenvalue weighted by Gasteiger charge is -1.97. The summed E-state index contributed by atoms with van der Waals surface area (Å²) in [5, 5.41) is 0.866. The summed E-state index contributed by atoms with van der Waals surface area (Å²) < 4.78 is 5.37. The van der Waals surface area contributed by atoms with Gasteiger partial charge in [-0.3, -0.25) is 0 Å². The second kappa shape index (κ2) is 4.26. The summed E-state index contributed by atoms with van der Waals surface area (Å²) in [6.07, 6.45) is 0. The van der Waals surface area contributed by atoms with E-state index < -0.39 is 0 Å². The second-order valence-corrected chi connectivity index (χ2v) is 4.23. The van der Waals surface area contributed by atoms with Crippen LogP contribution < -0.4 is 5.73 Å². The van der Waals surface area contributed by atoms with Crippen LogP contribution in [0, 0.1) is 13.8 Å². The van der Waals surface area contributed by atoms with Gasteiger partial charge in [-0.1, -0.05) is 0 Å². The number of aryl methyl sites for hydroxylation is 2. The van der Waals surface area contributed by atoms with Crippen molar-refractivity contribution in [1.29, 1.82) is 0 Å². The van der Waals surface area contributed by atoms with Crippen molar-refractivity contribution < 1.29 is 4.42 Å². The quantitative estimate of drug-likeness (QED) is 0.878. The van der Waals surface area contributed by atoms with E-state index in [2.05, 4.69) is 19.9 Å². The highest BCUT2D eigenvalue weighted by molar-refractivity contribution is 7.98. The maximum absolute atomic E-state index is 5.65. The van der Waals surface area contributed by atoms with Gasteiger partial charge in [0.1, 0.15) is 5.76 Å². The van der Waals surface area contributed by atoms with Crippen LogP contribution in [0.15, 0.2) is 14.8 Å². The summed E-state index contributed by atoms with van der Waals surface area (Å²) in [6, 6.07) is 0. The van der Waals surface area contributed by atoms with Gasteiger partial charge in [-0.15, -0.1) is 0 Å². The second-order valence-electron chi connectivity index (χ2n) is 2.97. The Balaban J connectivity index is 2.26. The summed E-state index contributed by atoms with van der Waals surface area (Å²) in [4.78, 5) is 15.6. The first kappa shape index (κ1) is 11.2. The van der Waals surface area contributed by atoms with Crippen LogP contribution in [-0.4, -0.2) is 19.9 Å². The van der Waals surface area contributed by atoms with Gasteiger partial charge >= 0.3 is 0 Å². The zero-order valence-corrected chi connectivity index (χ0v) is 10.1. The first-order valence-electron chi connectivity index (χ1n) is 4.33. The summed E-state index contributed by atoms with van der Waals surface area (Å²) in [6.45, 7) is 3.69. The third-order valence-corrected chi connectivity index (χ3v) is 2.68. The average Bonchev–Trinajstić information content (AvgIpc) is 2.43. The first-order chi connectivity index (χ1) is 7.54. The molecule has 0 aromatic carbocycles. The molecule has 0 aliphatic heterocycles. The number of hydrogen-bond donors (Lipinski definition) is 1. The summed E-state index contributed by atoms with van der Waals surface area (Å²) in [5.74, 6) is 0.832. The van der Waals surface area contributed by atoms with E-state index in [1.807, 2.05) is 13.8 Å². The lowest BCUT2D eigenvalue weighted by molar-refractivity contribution is 0.430. The van der Waals surface area contributed by atoms with Crippen LogP contribution in [0.3, 0.4) is 0 Å². The Bertz CT molecular complexity index is 489. The van der Waals surface area contributed by atoms with Crippen molar-refractivity contribution in [3.63, 3.8) is 0 Å². The third kappa shape index (κ3) is 2.42. The largest absolute Gasteiger partial charge is 0.436 e. The van der Waals surface area contributed by atoms with Crippen molar-refractivity contribution in [3.8, 4) is 0 Å². The van der Waals surface area contributed by atoms with E-state index in [9.17, 15) is 0 Å². The number of oxazole rings is 1. The van der Waals surface area contributed by atoms with Crippen LogP contribution in [-0.2, 0) is 0 Å². The van der Waals surface area contributed by atoms with Crippen molar-refractivity contribution in [3.05, 3.63) is 16.7 Å². The zero-order chi connectivity index (χ0) is 11.7. The van der Waals surface area contributed by atoms with Gasteiger partial charge in [-0.25, -0.2) is 4.98 Å². The minimum absolute atomic E-state index is 0.0509. The topological polar surface area (TPSA) is 90.7 Å². The van der Waals surface area contributed by atoms with Crippen molar-refractivity contribution >= 4 is 29.3 Å². The first-order valence-corrected chi connectivity index (χ1v) is 5.53. The van der Waals surface area contributed by atoms with Crippen molar-refractivity contribution in [2.24, 2.45) is 0 Å². The molecule has 0 fully saturated rings. The fourth-order valence-electron chi connectivity index (χ4n) is 0.957. The van der Waals surface area contributed by atoms with E-state index >= 15 is 0 Å². The third-order valence-electron chi connectivity index (χ3n) is 1.79. The number of anilines is 1. The smallest absolute Gasteiger partial charge is 0.264 e. The van der Waals surface area contributed by atoms with Gasteiger partial charge in [0, 0.05) is 11.8 Å². The average molecular weight is 258 g/mol. The highest BCUT2D eigenvalue weighted by atomic mass is 35.5. The highest BCUT2D eigenvalue weighted by Gasteiger charge is 2.11. The molecule has 8 heteroatoms. The van der Waals surface area contributed by atoms with Crippen LogP contribution in [0.2, 0.25) is 5.28 Å². The number of nitrogens with zero attached hydrogens (tertiary/aromatic N) is 4. The predicted molar refractivity (Wildman–Crippen MR) is 59.3 cm³/mol. The number of nitrogen functional groups attached to an aromatic ring is 1. The zero-order valence-electron chi connectivity index (χ0n) is 8.56. The number of halogens is 1. The van der Waals surface area contributed by atoms with Crippen molar-refractivity contribution in [1.82, 2.24) is 19.9 Å². The maximum atomic E-state index is 5.65. The van der Waals surface area contributed by atoms with E-state index in [0.717, 1.165) is 23.2 Å². The monoisotopic (exact) mass is 257 g/mol. The standard InChI is InChI=1S/C8H8ClN5OS/c1-3-4(2)15-8(11-3)16-7-13-5(9)12-6(10)14-7/h1-2H3,(H2,10,12,13,14). The summed E-state index contributed by atoms with van der Waals surface area (Å²) in [5.41, 5.74) is 6.27. The molecule has 16 heavy (non-hydrogen) atoms. The predicted octanol–water partition coefficient (Wildman–Crippen LogP) is 1.86. The minimum atomic E-state index is 0.0509. The molecule has 84 valence electrons. The van der Waals surface area contributed by atoms with Gasteiger partial charge in [0.05, 0.1) is 5.69 Å². The molecule has 0 spiro atoms. The van der Waals surface area contributed by atoms with E-state index in [0.29, 0.717) is 10.4 Å². The summed E-state index contributed by atoms with van der Waals surface area (Å²) in [7, 11) is 0. The Hall–Kier alpha value is -1.34. The van der Waals surface area contributed by atoms with Crippen LogP contribution >= 0.6 is 23.4 Å². The Morgan fingerprint density at radius 2 is 1.94 bits per heavy atom. The van der Waals surface area contributed by atoms with Crippen molar-refractivity contribution in [2.75, 3.05) is 5.73 Å². The lowest BCUT2D eigenvalue weighted by Crippen LogP contribution is -1.98. The van der Waals surface area contributed by atoms with Crippen LogP contribution in [0.25, 0.3) is 0 Å². The van der Waals surface area contributed by atoms with Gasteiger partial charge in [0.25, 0.3) is 5.22 Å². The molecule has 0 bridgehead atoms. The fraction of sp³-hybridized carbons (Fsp3) is 0.250. The number of hydrogen-bond acceptors (Lipinski definition) is 7. The molecule has 2 rings (SSSR count). The maximum Gasteiger partial charge on any atom is 0.264 e. The number of nitrogens with two attached hydrogens (primary N) is 1. The SMILES string of the molecule is Cc1nc(Sc2nc(N)nc(Cl)n2)oc1C. The molecule has 2 aromatic rings. The molecule has 0 aliphatic rings. The molecular weight excluding hydrogens is 250 g/mol. The summed E-state index contributed by atoms with van der Waals surface area (Å²) >= 11 is 6.79. The van der Waals surface area contributed by atoms with Crippen LogP contribution in [0.5, 0.6) is 0 Å². The molecule has 6 nitrogen and oxygen atoms in total. The number of aromatic nitrogens is 4.